The molecule has 1 aliphatic rings. The van der Waals surface area contributed by atoms with Crippen LogP contribution in [-0.4, -0.2) is 5.78 Å². The number of carbonyl (C=O) groups excluding carboxylic acids is 1. The van der Waals surface area contributed by atoms with E-state index in [4.69, 9.17) is 0 Å². The summed E-state index contributed by atoms with van der Waals surface area (Å²) in [6.45, 7) is 8.68. The van der Waals surface area contributed by atoms with E-state index in [1.165, 1.54) is 11.1 Å². The van der Waals surface area contributed by atoms with E-state index in [2.05, 4.69) is 82.3 Å². The third kappa shape index (κ3) is 5.36. The summed E-state index contributed by atoms with van der Waals surface area (Å²) in [7, 11) is 0. The van der Waals surface area contributed by atoms with E-state index in [0.29, 0.717) is 35.8 Å². The van der Waals surface area contributed by atoms with E-state index in [1.54, 1.807) is 0 Å². The molecular formula is C33H33NO. The van der Waals surface area contributed by atoms with Gasteiger partial charge in [0.25, 0.3) is 0 Å². The largest absolute Gasteiger partial charge is 0.289 e. The van der Waals surface area contributed by atoms with Gasteiger partial charge >= 0.3 is 0 Å². The molecule has 0 spiro atoms. The van der Waals surface area contributed by atoms with Gasteiger partial charge in [0.15, 0.2) is 5.78 Å². The van der Waals surface area contributed by atoms with E-state index in [-0.39, 0.29) is 5.78 Å². The van der Waals surface area contributed by atoms with Crippen LogP contribution in [0, 0.1) is 11.3 Å². The van der Waals surface area contributed by atoms with Crippen molar-refractivity contribution in [2.75, 3.05) is 0 Å². The van der Waals surface area contributed by atoms with Gasteiger partial charge < -0.3 is 0 Å². The molecule has 1 saturated carbocycles. The average molecular weight is 460 g/mol. The van der Waals surface area contributed by atoms with Crippen LogP contribution in [0.2, 0.25) is 0 Å². The van der Waals surface area contributed by atoms with Crippen LogP contribution in [0.25, 0.3) is 12.2 Å². The summed E-state index contributed by atoms with van der Waals surface area (Å²) in [6.07, 6.45) is 4.75. The lowest BCUT2D eigenvalue weighted by atomic mass is 9.66. The third-order valence-electron chi connectivity index (χ3n) is 7.00. The number of allylic oxidation sites excluding steroid dienone is 2. The first-order valence-corrected chi connectivity index (χ1v) is 12.4. The standard InChI is InChI=1S/C33H33NO/c1-23(2)27-14-10-25(11-15-27)18-29-20-33(22-34,31-8-6-5-7-9-31)21-30(32(29)35)19-26-12-16-28(17-13-26)24(3)4/h5-19,23-24H,20-21H2,1-4H3. The first-order valence-electron chi connectivity index (χ1n) is 12.4. The summed E-state index contributed by atoms with van der Waals surface area (Å²) in [5.74, 6) is 0.940. The Hall–Kier alpha value is -3.70. The van der Waals surface area contributed by atoms with E-state index in [1.807, 2.05) is 42.5 Å². The molecule has 3 aromatic rings. The summed E-state index contributed by atoms with van der Waals surface area (Å²) < 4.78 is 0. The highest BCUT2D eigenvalue weighted by Gasteiger charge is 2.41. The van der Waals surface area contributed by atoms with E-state index in [9.17, 15) is 10.1 Å². The zero-order valence-corrected chi connectivity index (χ0v) is 21.1. The lowest BCUT2D eigenvalue weighted by Gasteiger charge is -2.33. The van der Waals surface area contributed by atoms with Crippen molar-refractivity contribution in [3.8, 4) is 6.07 Å². The lowest BCUT2D eigenvalue weighted by molar-refractivity contribution is -0.113. The van der Waals surface area contributed by atoms with Gasteiger partial charge in [-0.05, 0) is 64.6 Å². The maximum absolute atomic E-state index is 13.7. The fourth-order valence-electron chi connectivity index (χ4n) is 4.77. The minimum absolute atomic E-state index is 0.0349. The van der Waals surface area contributed by atoms with Crippen LogP contribution in [0.15, 0.2) is 90.0 Å². The molecule has 35 heavy (non-hydrogen) atoms. The van der Waals surface area contributed by atoms with Crippen LogP contribution in [0.3, 0.4) is 0 Å². The average Bonchev–Trinajstić information content (AvgIpc) is 2.87. The third-order valence-corrected chi connectivity index (χ3v) is 7.00. The van der Waals surface area contributed by atoms with Crippen LogP contribution in [-0.2, 0) is 10.2 Å². The molecule has 2 nitrogen and oxygen atoms in total. The number of benzene rings is 3. The molecule has 176 valence electrons. The topological polar surface area (TPSA) is 40.9 Å². The molecule has 0 atom stereocenters. The first-order chi connectivity index (χ1) is 16.8. The SMILES string of the molecule is CC(C)c1ccc(C=C2CC(C#N)(c3ccccc3)CC(=Cc3ccc(C(C)C)cc3)C2=O)cc1. The minimum Gasteiger partial charge on any atom is -0.289 e. The van der Waals surface area contributed by atoms with Gasteiger partial charge in [-0.25, -0.2) is 0 Å². The summed E-state index contributed by atoms with van der Waals surface area (Å²) in [5.41, 5.74) is 6.06. The number of nitriles is 1. The molecule has 0 amide bonds. The number of carbonyl (C=O) groups is 1. The Bertz CT molecular complexity index is 1210. The second-order valence-corrected chi connectivity index (χ2v) is 10.2. The minimum atomic E-state index is -0.775. The van der Waals surface area contributed by atoms with Gasteiger partial charge in [-0.1, -0.05) is 107 Å². The van der Waals surface area contributed by atoms with Crippen molar-refractivity contribution < 1.29 is 4.79 Å². The maximum Gasteiger partial charge on any atom is 0.185 e. The Labute approximate surface area is 209 Å². The van der Waals surface area contributed by atoms with Crippen molar-refractivity contribution in [3.63, 3.8) is 0 Å². The highest BCUT2D eigenvalue weighted by molar-refractivity contribution is 6.14. The molecule has 0 heterocycles. The molecular weight excluding hydrogens is 426 g/mol. The number of nitrogens with zero attached hydrogens (tertiary/aromatic N) is 1. The second kappa shape index (κ2) is 10.3. The number of hydrogen-bond acceptors (Lipinski definition) is 2. The Kier molecular flexibility index (Phi) is 7.17. The number of ketones is 1. The van der Waals surface area contributed by atoms with Crippen molar-refractivity contribution in [1.29, 1.82) is 5.26 Å². The van der Waals surface area contributed by atoms with Crippen molar-refractivity contribution >= 4 is 17.9 Å². The van der Waals surface area contributed by atoms with Crippen molar-refractivity contribution in [2.24, 2.45) is 0 Å². The monoisotopic (exact) mass is 459 g/mol. The number of hydrogen-bond donors (Lipinski definition) is 0. The molecule has 3 aromatic carbocycles. The van der Waals surface area contributed by atoms with E-state index >= 15 is 0 Å². The van der Waals surface area contributed by atoms with Gasteiger partial charge in [0.2, 0.25) is 0 Å². The summed E-state index contributed by atoms with van der Waals surface area (Å²) >= 11 is 0. The van der Waals surface area contributed by atoms with Crippen LogP contribution >= 0.6 is 0 Å². The highest BCUT2D eigenvalue weighted by atomic mass is 16.1. The Balaban J connectivity index is 1.79. The molecule has 2 heteroatoms. The quantitative estimate of drug-likeness (QED) is 0.361. The Morgan fingerprint density at radius 3 is 1.51 bits per heavy atom. The predicted octanol–water partition coefficient (Wildman–Crippen LogP) is 8.22. The first kappa shape index (κ1) is 24.4. The fourth-order valence-corrected chi connectivity index (χ4v) is 4.77. The number of rotatable bonds is 5. The van der Waals surface area contributed by atoms with Gasteiger partial charge in [-0.15, -0.1) is 0 Å². The molecule has 0 N–H and O–H groups in total. The maximum atomic E-state index is 13.7. The predicted molar refractivity (Wildman–Crippen MR) is 145 cm³/mol. The van der Waals surface area contributed by atoms with Crippen molar-refractivity contribution in [2.45, 2.75) is 57.8 Å². The molecule has 0 unspecified atom stereocenters. The molecule has 0 bridgehead atoms. The molecule has 0 aliphatic heterocycles. The Morgan fingerprint density at radius 2 is 1.14 bits per heavy atom. The lowest BCUT2D eigenvalue weighted by Crippen LogP contribution is -2.33. The van der Waals surface area contributed by atoms with E-state index in [0.717, 1.165) is 16.7 Å². The van der Waals surface area contributed by atoms with Gasteiger partial charge in [0.05, 0.1) is 11.5 Å². The molecule has 1 fully saturated rings. The number of Topliss-reactive ketones (excluding diaryl/α,β-unsaturated/α-hetero) is 1. The highest BCUT2D eigenvalue weighted by Crippen LogP contribution is 2.43. The Morgan fingerprint density at radius 1 is 0.714 bits per heavy atom. The van der Waals surface area contributed by atoms with Crippen LogP contribution < -0.4 is 0 Å². The normalized spacial score (nSPS) is 20.5. The van der Waals surface area contributed by atoms with Crippen LogP contribution in [0.1, 0.15) is 80.2 Å². The molecule has 0 aromatic heterocycles. The summed E-state index contributed by atoms with van der Waals surface area (Å²) in [6, 6.07) is 29.2. The smallest absolute Gasteiger partial charge is 0.185 e. The van der Waals surface area contributed by atoms with Gasteiger partial charge in [0.1, 0.15) is 0 Å². The van der Waals surface area contributed by atoms with Crippen molar-refractivity contribution in [1.82, 2.24) is 0 Å². The molecule has 0 saturated heterocycles. The summed E-state index contributed by atoms with van der Waals surface area (Å²) in [4.78, 5) is 13.7. The molecule has 0 radical (unpaired) electrons. The zero-order valence-electron chi connectivity index (χ0n) is 21.1. The second-order valence-electron chi connectivity index (χ2n) is 10.2. The summed E-state index contributed by atoms with van der Waals surface area (Å²) in [5, 5.41) is 10.4. The van der Waals surface area contributed by atoms with Crippen LogP contribution in [0.4, 0.5) is 0 Å². The van der Waals surface area contributed by atoms with Gasteiger partial charge in [0, 0.05) is 11.1 Å². The fraction of sp³-hybridized carbons (Fsp3) is 0.273. The zero-order chi connectivity index (χ0) is 25.0. The van der Waals surface area contributed by atoms with E-state index < -0.39 is 5.41 Å². The van der Waals surface area contributed by atoms with Gasteiger partial charge in [-0.2, -0.15) is 5.26 Å². The van der Waals surface area contributed by atoms with Gasteiger partial charge in [-0.3, -0.25) is 4.79 Å². The van der Waals surface area contributed by atoms with Crippen LogP contribution in [0.5, 0.6) is 0 Å². The molecule has 1 aliphatic carbocycles. The molecule has 4 rings (SSSR count). The van der Waals surface area contributed by atoms with Crippen molar-refractivity contribution in [3.05, 3.63) is 118 Å².